The van der Waals surface area contributed by atoms with E-state index in [-0.39, 0.29) is 11.4 Å². The fourth-order valence-corrected chi connectivity index (χ4v) is 3.58. The van der Waals surface area contributed by atoms with Gasteiger partial charge >= 0.3 is 0 Å². The molecule has 1 aromatic carbocycles. The zero-order valence-electron chi connectivity index (χ0n) is 13.9. The zero-order chi connectivity index (χ0) is 18.6. The molecule has 0 aromatic heterocycles. The maximum atomic E-state index is 14.0. The Bertz CT molecular complexity index is 743. The Morgan fingerprint density at radius 3 is 2.64 bits per heavy atom. The summed E-state index contributed by atoms with van der Waals surface area (Å²) in [5.41, 5.74) is -0.744. The third-order valence-corrected chi connectivity index (χ3v) is 5.13. The van der Waals surface area contributed by atoms with Gasteiger partial charge in [0.1, 0.15) is 17.7 Å². The third kappa shape index (κ3) is 5.10. The molecule has 1 amide bonds. The predicted molar refractivity (Wildman–Crippen MR) is 89.9 cm³/mol. The van der Waals surface area contributed by atoms with Gasteiger partial charge in [-0.2, -0.15) is 0 Å². The lowest BCUT2D eigenvalue weighted by atomic mass is 10.1. The van der Waals surface area contributed by atoms with Crippen molar-refractivity contribution in [3.63, 3.8) is 0 Å². The van der Waals surface area contributed by atoms with Gasteiger partial charge < -0.3 is 15.4 Å². The van der Waals surface area contributed by atoms with Gasteiger partial charge in [0, 0.05) is 12.6 Å². The molecule has 0 saturated carbocycles. The molecule has 1 heterocycles. The van der Waals surface area contributed by atoms with Crippen LogP contribution in [0.5, 0.6) is 0 Å². The normalized spacial score (nSPS) is 21.0. The molecule has 1 aliphatic rings. The topological polar surface area (TPSA) is 96.5 Å². The smallest absolute Gasteiger partial charge is 0.244 e. The number of amides is 1. The van der Waals surface area contributed by atoms with Gasteiger partial charge in [0.15, 0.2) is 0 Å². The van der Waals surface area contributed by atoms with Crippen molar-refractivity contribution in [2.75, 3.05) is 28.9 Å². The molecule has 0 bridgehead atoms. The highest BCUT2D eigenvalue weighted by Crippen LogP contribution is 2.25. The molecule has 0 radical (unpaired) electrons. The molecule has 2 rings (SSSR count). The number of halogens is 2. The largest absolute Gasteiger partial charge is 0.375 e. The molecule has 0 spiro atoms. The Morgan fingerprint density at radius 2 is 2.00 bits per heavy atom. The molecule has 140 valence electrons. The number of anilines is 2. The van der Waals surface area contributed by atoms with Crippen molar-refractivity contribution in [1.29, 1.82) is 0 Å². The summed E-state index contributed by atoms with van der Waals surface area (Å²) in [6.45, 7) is 4.28. The van der Waals surface area contributed by atoms with E-state index in [0.29, 0.717) is 25.6 Å². The van der Waals surface area contributed by atoms with Crippen LogP contribution in [-0.2, 0) is 19.6 Å². The van der Waals surface area contributed by atoms with Crippen molar-refractivity contribution in [3.8, 4) is 0 Å². The molecule has 25 heavy (non-hydrogen) atoms. The van der Waals surface area contributed by atoms with E-state index in [1.807, 2.05) is 0 Å². The van der Waals surface area contributed by atoms with E-state index in [1.54, 1.807) is 13.8 Å². The van der Waals surface area contributed by atoms with Gasteiger partial charge in [0.05, 0.1) is 29.8 Å². The van der Waals surface area contributed by atoms with E-state index in [9.17, 15) is 22.0 Å². The Balaban J connectivity index is 2.20. The van der Waals surface area contributed by atoms with Crippen LogP contribution in [0.3, 0.4) is 0 Å². The molecular weight excluding hydrogens is 356 g/mol. The minimum absolute atomic E-state index is 0.202. The summed E-state index contributed by atoms with van der Waals surface area (Å²) in [7, 11) is -3.75. The summed E-state index contributed by atoms with van der Waals surface area (Å²) in [4.78, 5) is 12.3. The average Bonchev–Trinajstić information content (AvgIpc) is 2.52. The summed E-state index contributed by atoms with van der Waals surface area (Å²) < 4.78 is 58.7. The van der Waals surface area contributed by atoms with Crippen molar-refractivity contribution in [3.05, 3.63) is 23.8 Å². The maximum absolute atomic E-state index is 14.0. The number of carbonyl (C=O) groups is 1. The standard InChI is InChI=1S/C15H21F2N3O4S/c1-3-6-25(22,23)20-13-8-12(10(16)7-11(13)17)19-15(21)14-9(2)24-5-4-18-14/h7-9,14,18,20H,3-6H2,1-2H3,(H,19,21)/t9-,14+/m1/s1. The number of hydrogen-bond acceptors (Lipinski definition) is 5. The van der Waals surface area contributed by atoms with Gasteiger partial charge in [-0.3, -0.25) is 9.52 Å². The van der Waals surface area contributed by atoms with Crippen LogP contribution in [0.4, 0.5) is 20.2 Å². The quantitative estimate of drug-likeness (QED) is 0.697. The maximum Gasteiger partial charge on any atom is 0.244 e. The lowest BCUT2D eigenvalue weighted by molar-refractivity contribution is -0.123. The van der Waals surface area contributed by atoms with Gasteiger partial charge in [-0.1, -0.05) is 6.92 Å². The summed E-state index contributed by atoms with van der Waals surface area (Å²) in [5, 5.41) is 5.28. The second kappa shape index (κ2) is 8.07. The first kappa shape index (κ1) is 19.5. The molecule has 3 N–H and O–H groups in total. The van der Waals surface area contributed by atoms with Crippen molar-refractivity contribution >= 4 is 27.3 Å². The van der Waals surface area contributed by atoms with E-state index >= 15 is 0 Å². The Labute approximate surface area is 145 Å². The van der Waals surface area contributed by atoms with Crippen molar-refractivity contribution in [2.45, 2.75) is 32.4 Å². The van der Waals surface area contributed by atoms with Gasteiger partial charge in [-0.05, 0) is 19.4 Å². The lowest BCUT2D eigenvalue weighted by Crippen LogP contribution is -2.53. The number of nitrogens with one attached hydrogen (secondary N) is 3. The Kier molecular flexibility index (Phi) is 6.31. The fraction of sp³-hybridized carbons (Fsp3) is 0.533. The summed E-state index contributed by atoms with van der Waals surface area (Å²) in [5.74, 6) is -2.83. The van der Waals surface area contributed by atoms with E-state index in [2.05, 4.69) is 15.4 Å². The number of sulfonamides is 1. The van der Waals surface area contributed by atoms with Crippen LogP contribution < -0.4 is 15.4 Å². The van der Waals surface area contributed by atoms with Crippen LogP contribution in [0.15, 0.2) is 12.1 Å². The first-order chi connectivity index (χ1) is 11.7. The SMILES string of the molecule is CCCS(=O)(=O)Nc1cc(NC(=O)[C@H]2NCCO[C@@H]2C)c(F)cc1F. The molecule has 2 atom stereocenters. The molecule has 7 nitrogen and oxygen atoms in total. The molecule has 1 aromatic rings. The van der Waals surface area contributed by atoms with E-state index in [1.165, 1.54) is 0 Å². The molecule has 1 fully saturated rings. The third-order valence-electron chi connectivity index (χ3n) is 3.65. The minimum Gasteiger partial charge on any atom is -0.375 e. The monoisotopic (exact) mass is 377 g/mol. The second-order valence-corrected chi connectivity index (χ2v) is 7.57. The van der Waals surface area contributed by atoms with Crippen molar-refractivity contribution in [2.24, 2.45) is 0 Å². The molecule has 1 aliphatic heterocycles. The molecule has 0 aliphatic carbocycles. The van der Waals surface area contributed by atoms with E-state index < -0.39 is 45.4 Å². The van der Waals surface area contributed by atoms with Crippen LogP contribution in [0, 0.1) is 11.6 Å². The first-order valence-corrected chi connectivity index (χ1v) is 9.54. The van der Waals surface area contributed by atoms with Crippen LogP contribution in [0.2, 0.25) is 0 Å². The average molecular weight is 377 g/mol. The van der Waals surface area contributed by atoms with E-state index in [4.69, 9.17) is 4.74 Å². The number of carbonyl (C=O) groups excluding carboxylic acids is 1. The van der Waals surface area contributed by atoms with Crippen molar-refractivity contribution in [1.82, 2.24) is 5.32 Å². The number of ether oxygens (including phenoxy) is 1. The number of hydrogen-bond donors (Lipinski definition) is 3. The lowest BCUT2D eigenvalue weighted by Gasteiger charge is -2.29. The van der Waals surface area contributed by atoms with Gasteiger partial charge in [-0.15, -0.1) is 0 Å². The van der Waals surface area contributed by atoms with Gasteiger partial charge in [0.25, 0.3) is 0 Å². The van der Waals surface area contributed by atoms with Crippen LogP contribution in [0.25, 0.3) is 0 Å². The highest BCUT2D eigenvalue weighted by Gasteiger charge is 2.29. The highest BCUT2D eigenvalue weighted by molar-refractivity contribution is 7.92. The first-order valence-electron chi connectivity index (χ1n) is 7.89. The van der Waals surface area contributed by atoms with Crippen LogP contribution >= 0.6 is 0 Å². The van der Waals surface area contributed by atoms with Crippen molar-refractivity contribution < 1.29 is 26.7 Å². The molecule has 1 saturated heterocycles. The van der Waals surface area contributed by atoms with Crippen LogP contribution in [0.1, 0.15) is 20.3 Å². The van der Waals surface area contributed by atoms with Gasteiger partial charge in [-0.25, -0.2) is 17.2 Å². The number of rotatable bonds is 6. The minimum atomic E-state index is -3.75. The number of benzene rings is 1. The highest BCUT2D eigenvalue weighted by atomic mass is 32.2. The summed E-state index contributed by atoms with van der Waals surface area (Å²) in [6, 6.07) is 0.746. The Hall–Kier alpha value is -1.78. The second-order valence-electron chi connectivity index (χ2n) is 5.73. The molecule has 0 unspecified atom stereocenters. The molecular formula is C15H21F2N3O4S. The van der Waals surface area contributed by atoms with Crippen LogP contribution in [-0.4, -0.2) is 45.4 Å². The summed E-state index contributed by atoms with van der Waals surface area (Å²) in [6.07, 6.45) is -0.0766. The predicted octanol–water partition coefficient (Wildman–Crippen LogP) is 1.43. The van der Waals surface area contributed by atoms with E-state index in [0.717, 1.165) is 6.07 Å². The Morgan fingerprint density at radius 1 is 1.32 bits per heavy atom. The summed E-state index contributed by atoms with van der Waals surface area (Å²) >= 11 is 0. The fourth-order valence-electron chi connectivity index (χ4n) is 2.45. The zero-order valence-corrected chi connectivity index (χ0v) is 14.8. The van der Waals surface area contributed by atoms with Gasteiger partial charge in [0.2, 0.25) is 15.9 Å². The number of morpholine rings is 1. The molecule has 10 heteroatoms.